The number of aryl methyl sites for hydroxylation is 1. The highest BCUT2D eigenvalue weighted by atomic mass is 16.5. The summed E-state index contributed by atoms with van der Waals surface area (Å²) in [6.07, 6.45) is 3.56. The van der Waals surface area contributed by atoms with E-state index < -0.39 is 6.10 Å². The molecular formula is C17H26O2. The molecule has 0 saturated heterocycles. The minimum atomic E-state index is -0.414. The van der Waals surface area contributed by atoms with Crippen LogP contribution < -0.4 is 4.74 Å². The molecule has 0 radical (unpaired) electrons. The number of benzene rings is 1. The van der Waals surface area contributed by atoms with Crippen molar-refractivity contribution >= 4 is 0 Å². The van der Waals surface area contributed by atoms with Gasteiger partial charge >= 0.3 is 0 Å². The van der Waals surface area contributed by atoms with Crippen molar-refractivity contribution in [1.82, 2.24) is 0 Å². The summed E-state index contributed by atoms with van der Waals surface area (Å²) >= 11 is 0. The second-order valence-electron chi connectivity index (χ2n) is 6.36. The fourth-order valence-corrected chi connectivity index (χ4v) is 3.21. The highest BCUT2D eigenvalue weighted by Crippen LogP contribution is 2.32. The van der Waals surface area contributed by atoms with E-state index in [-0.39, 0.29) is 0 Å². The van der Waals surface area contributed by atoms with Gasteiger partial charge in [0, 0.05) is 0 Å². The molecule has 0 bridgehead atoms. The fraction of sp³-hybridized carbons (Fsp3) is 0.647. The zero-order valence-corrected chi connectivity index (χ0v) is 12.5. The van der Waals surface area contributed by atoms with Gasteiger partial charge in [-0.25, -0.2) is 0 Å². The van der Waals surface area contributed by atoms with Crippen molar-refractivity contribution in [3.63, 3.8) is 0 Å². The lowest BCUT2D eigenvalue weighted by atomic mass is 9.82. The molecule has 2 rings (SSSR count). The molecule has 0 spiro atoms. The Morgan fingerprint density at radius 1 is 1.16 bits per heavy atom. The molecule has 3 atom stereocenters. The van der Waals surface area contributed by atoms with Gasteiger partial charge < -0.3 is 9.84 Å². The number of aliphatic hydroxyl groups is 1. The van der Waals surface area contributed by atoms with Crippen molar-refractivity contribution in [2.24, 2.45) is 11.8 Å². The van der Waals surface area contributed by atoms with E-state index in [0.717, 1.165) is 41.6 Å². The summed E-state index contributed by atoms with van der Waals surface area (Å²) in [6, 6.07) is 5.99. The van der Waals surface area contributed by atoms with Crippen LogP contribution in [0.3, 0.4) is 0 Å². The van der Waals surface area contributed by atoms with Crippen molar-refractivity contribution in [1.29, 1.82) is 0 Å². The van der Waals surface area contributed by atoms with Crippen LogP contribution in [-0.2, 0) is 0 Å². The second-order valence-corrected chi connectivity index (χ2v) is 6.36. The maximum atomic E-state index is 9.59. The van der Waals surface area contributed by atoms with Crippen LogP contribution in [0, 0.1) is 18.8 Å². The van der Waals surface area contributed by atoms with Crippen LogP contribution in [-0.4, -0.2) is 11.2 Å². The van der Waals surface area contributed by atoms with Crippen molar-refractivity contribution in [3.8, 4) is 5.75 Å². The zero-order chi connectivity index (χ0) is 14.0. The lowest BCUT2D eigenvalue weighted by molar-refractivity contribution is 0.100. The molecule has 1 aliphatic carbocycles. The standard InChI is InChI=1S/C17H26O2/c1-11-7-12(2)9-16(8-11)19-17-6-5-15(14(4)18)10-13(17)3/h5-6,10-12,14,16,18H,7-9H2,1-4H3/t11?,12?,14-,16?/m0/s1. The molecule has 2 unspecified atom stereocenters. The van der Waals surface area contributed by atoms with Crippen LogP contribution in [0.4, 0.5) is 0 Å². The van der Waals surface area contributed by atoms with Gasteiger partial charge in [-0.05, 0) is 68.2 Å². The first-order valence-electron chi connectivity index (χ1n) is 7.41. The molecule has 106 valence electrons. The van der Waals surface area contributed by atoms with Gasteiger partial charge in [0.15, 0.2) is 0 Å². The Morgan fingerprint density at radius 2 is 1.79 bits per heavy atom. The molecule has 0 amide bonds. The predicted molar refractivity (Wildman–Crippen MR) is 78.4 cm³/mol. The van der Waals surface area contributed by atoms with Crippen LogP contribution in [0.25, 0.3) is 0 Å². The van der Waals surface area contributed by atoms with Gasteiger partial charge in [-0.1, -0.05) is 19.9 Å². The lowest BCUT2D eigenvalue weighted by Gasteiger charge is -2.32. The Bertz CT molecular complexity index is 415. The Hall–Kier alpha value is -1.02. The summed E-state index contributed by atoms with van der Waals surface area (Å²) in [4.78, 5) is 0. The molecular weight excluding hydrogens is 236 g/mol. The minimum Gasteiger partial charge on any atom is -0.490 e. The van der Waals surface area contributed by atoms with Crippen LogP contribution in [0.1, 0.15) is 57.3 Å². The first-order valence-corrected chi connectivity index (χ1v) is 7.41. The number of rotatable bonds is 3. The van der Waals surface area contributed by atoms with Crippen LogP contribution in [0.2, 0.25) is 0 Å². The average Bonchev–Trinajstić information content (AvgIpc) is 2.30. The van der Waals surface area contributed by atoms with Gasteiger partial charge in [-0.15, -0.1) is 0 Å². The van der Waals surface area contributed by atoms with Gasteiger partial charge in [0.25, 0.3) is 0 Å². The van der Waals surface area contributed by atoms with Crippen LogP contribution in [0.5, 0.6) is 5.75 Å². The third-order valence-electron chi connectivity index (χ3n) is 4.11. The maximum Gasteiger partial charge on any atom is 0.122 e. The van der Waals surface area contributed by atoms with E-state index in [9.17, 15) is 5.11 Å². The Labute approximate surface area is 116 Å². The third-order valence-corrected chi connectivity index (χ3v) is 4.11. The molecule has 1 aliphatic rings. The molecule has 1 fully saturated rings. The third kappa shape index (κ3) is 3.73. The van der Waals surface area contributed by atoms with Gasteiger partial charge in [-0.3, -0.25) is 0 Å². The average molecular weight is 262 g/mol. The highest BCUT2D eigenvalue weighted by Gasteiger charge is 2.25. The molecule has 1 aromatic carbocycles. The first-order chi connectivity index (χ1) is 8.95. The molecule has 19 heavy (non-hydrogen) atoms. The van der Waals surface area contributed by atoms with E-state index in [1.54, 1.807) is 6.92 Å². The summed E-state index contributed by atoms with van der Waals surface area (Å²) in [5, 5.41) is 9.59. The number of aliphatic hydroxyl groups excluding tert-OH is 1. The summed E-state index contributed by atoms with van der Waals surface area (Å²) < 4.78 is 6.18. The Morgan fingerprint density at radius 3 is 2.32 bits per heavy atom. The lowest BCUT2D eigenvalue weighted by Crippen LogP contribution is -2.28. The molecule has 2 nitrogen and oxygen atoms in total. The molecule has 0 heterocycles. The second kappa shape index (κ2) is 5.96. The normalized spacial score (nSPS) is 29.0. The number of hydrogen-bond acceptors (Lipinski definition) is 2. The molecule has 1 N–H and O–H groups in total. The van der Waals surface area contributed by atoms with Gasteiger partial charge in [-0.2, -0.15) is 0 Å². The van der Waals surface area contributed by atoms with Crippen molar-refractivity contribution < 1.29 is 9.84 Å². The zero-order valence-electron chi connectivity index (χ0n) is 12.5. The summed E-state index contributed by atoms with van der Waals surface area (Å²) in [6.45, 7) is 8.47. The molecule has 1 aromatic rings. The van der Waals surface area contributed by atoms with E-state index in [1.165, 1.54) is 6.42 Å². The fourth-order valence-electron chi connectivity index (χ4n) is 3.21. The SMILES string of the molecule is Cc1cc([C@H](C)O)ccc1OC1CC(C)CC(C)C1. The summed E-state index contributed by atoms with van der Waals surface area (Å²) in [7, 11) is 0. The smallest absolute Gasteiger partial charge is 0.122 e. The van der Waals surface area contributed by atoms with Crippen molar-refractivity contribution in [2.45, 2.75) is 59.2 Å². The van der Waals surface area contributed by atoms with E-state index in [2.05, 4.69) is 20.8 Å². The van der Waals surface area contributed by atoms with E-state index in [4.69, 9.17) is 4.74 Å². The quantitative estimate of drug-likeness (QED) is 0.882. The van der Waals surface area contributed by atoms with E-state index >= 15 is 0 Å². The van der Waals surface area contributed by atoms with Crippen molar-refractivity contribution in [3.05, 3.63) is 29.3 Å². The highest BCUT2D eigenvalue weighted by molar-refractivity contribution is 5.37. The molecule has 2 heteroatoms. The molecule has 0 aliphatic heterocycles. The van der Waals surface area contributed by atoms with Gasteiger partial charge in [0.1, 0.15) is 5.75 Å². The van der Waals surface area contributed by atoms with Crippen LogP contribution >= 0.6 is 0 Å². The van der Waals surface area contributed by atoms with Gasteiger partial charge in [0.2, 0.25) is 0 Å². The number of ether oxygens (including phenoxy) is 1. The van der Waals surface area contributed by atoms with E-state index in [0.29, 0.717) is 6.10 Å². The Balaban J connectivity index is 2.06. The topological polar surface area (TPSA) is 29.5 Å². The predicted octanol–water partition coefficient (Wildman–Crippen LogP) is 4.25. The number of hydrogen-bond donors (Lipinski definition) is 1. The molecule has 0 aromatic heterocycles. The Kier molecular flexibility index (Phi) is 4.51. The van der Waals surface area contributed by atoms with E-state index in [1.807, 2.05) is 18.2 Å². The minimum absolute atomic E-state index is 0.342. The summed E-state index contributed by atoms with van der Waals surface area (Å²) in [5.41, 5.74) is 2.07. The monoisotopic (exact) mass is 262 g/mol. The van der Waals surface area contributed by atoms with Gasteiger partial charge in [0.05, 0.1) is 12.2 Å². The first kappa shape index (κ1) is 14.4. The largest absolute Gasteiger partial charge is 0.490 e. The van der Waals surface area contributed by atoms with Crippen molar-refractivity contribution in [2.75, 3.05) is 0 Å². The van der Waals surface area contributed by atoms with Crippen LogP contribution in [0.15, 0.2) is 18.2 Å². The summed E-state index contributed by atoms with van der Waals surface area (Å²) in [5.74, 6) is 2.48. The maximum absolute atomic E-state index is 9.59. The molecule has 1 saturated carbocycles.